The monoisotopic (exact) mass is 349 g/mol. The number of nitrogens with zero attached hydrogens (tertiary/aromatic N) is 1. The summed E-state index contributed by atoms with van der Waals surface area (Å²) in [6.07, 6.45) is 0. The van der Waals surface area contributed by atoms with Gasteiger partial charge in [-0.15, -0.1) is 0 Å². The van der Waals surface area contributed by atoms with E-state index in [2.05, 4.69) is 0 Å². The number of imide groups is 1. The molecule has 0 atom stereocenters. The minimum atomic E-state index is -3.89. The zero-order valence-electron chi connectivity index (χ0n) is 12.1. The molecule has 0 saturated heterocycles. The van der Waals surface area contributed by atoms with E-state index in [0.29, 0.717) is 22.3 Å². The minimum absolute atomic E-state index is 0.00790. The number of halogens is 1. The summed E-state index contributed by atoms with van der Waals surface area (Å²) >= 11 is 0. The smallest absolute Gasteiger partial charge is 0.261 e. The molecule has 0 aliphatic carbocycles. The molecule has 0 N–H and O–H groups in total. The van der Waals surface area contributed by atoms with Crippen molar-refractivity contribution in [1.29, 1.82) is 0 Å². The fourth-order valence-corrected chi connectivity index (χ4v) is 3.81. The Kier molecular flexibility index (Phi) is 3.74. The summed E-state index contributed by atoms with van der Waals surface area (Å²) in [7, 11) is 1.52. The van der Waals surface area contributed by atoms with E-state index in [-0.39, 0.29) is 23.3 Å². The molecule has 5 nitrogen and oxygen atoms in total. The number of rotatable bonds is 3. The van der Waals surface area contributed by atoms with Gasteiger partial charge in [-0.25, -0.2) is 8.42 Å². The first-order valence-corrected chi connectivity index (χ1v) is 9.09. The Morgan fingerprint density at radius 2 is 1.57 bits per heavy atom. The number of hydrogen-bond acceptors (Lipinski definition) is 4. The van der Waals surface area contributed by atoms with Crippen LogP contribution >= 0.6 is 10.7 Å². The molecule has 1 aliphatic rings. The van der Waals surface area contributed by atoms with E-state index in [9.17, 15) is 18.0 Å². The SMILES string of the molecule is Cc1ccc(CN2C(=O)c3ccccc3C2=O)cc1S(=O)(=O)Cl. The molecule has 0 saturated carbocycles. The highest BCUT2D eigenvalue weighted by Gasteiger charge is 2.35. The van der Waals surface area contributed by atoms with E-state index in [0.717, 1.165) is 4.90 Å². The molecule has 7 heteroatoms. The van der Waals surface area contributed by atoms with Crippen molar-refractivity contribution < 1.29 is 18.0 Å². The Morgan fingerprint density at radius 1 is 1.00 bits per heavy atom. The van der Waals surface area contributed by atoms with Crippen LogP contribution < -0.4 is 0 Å². The van der Waals surface area contributed by atoms with E-state index in [1.54, 1.807) is 43.3 Å². The van der Waals surface area contributed by atoms with Gasteiger partial charge in [-0.1, -0.05) is 24.3 Å². The van der Waals surface area contributed by atoms with Gasteiger partial charge in [-0.2, -0.15) is 0 Å². The van der Waals surface area contributed by atoms with Crippen LogP contribution in [0, 0.1) is 6.92 Å². The first-order valence-electron chi connectivity index (χ1n) is 6.78. The van der Waals surface area contributed by atoms with E-state index < -0.39 is 9.05 Å². The summed E-state index contributed by atoms with van der Waals surface area (Å²) in [6, 6.07) is 11.2. The fraction of sp³-hybridized carbons (Fsp3) is 0.125. The molecule has 1 aliphatic heterocycles. The normalized spacial score (nSPS) is 14.3. The fourth-order valence-electron chi connectivity index (χ4n) is 2.57. The van der Waals surface area contributed by atoms with Gasteiger partial charge in [0.05, 0.1) is 22.6 Å². The van der Waals surface area contributed by atoms with Crippen LogP contribution in [0.3, 0.4) is 0 Å². The van der Waals surface area contributed by atoms with Crippen molar-refractivity contribution in [1.82, 2.24) is 4.90 Å². The van der Waals surface area contributed by atoms with Crippen molar-refractivity contribution in [2.75, 3.05) is 0 Å². The zero-order chi connectivity index (χ0) is 16.8. The second kappa shape index (κ2) is 5.47. The largest absolute Gasteiger partial charge is 0.270 e. The predicted octanol–water partition coefficient (Wildman–Crippen LogP) is 2.72. The molecule has 0 bridgehead atoms. The third-order valence-corrected chi connectivity index (χ3v) is 5.20. The Morgan fingerprint density at radius 3 is 2.09 bits per heavy atom. The molecule has 0 spiro atoms. The quantitative estimate of drug-likeness (QED) is 0.631. The maximum absolute atomic E-state index is 12.3. The molecular weight excluding hydrogens is 338 g/mol. The first-order chi connectivity index (χ1) is 10.8. The lowest BCUT2D eigenvalue weighted by molar-refractivity contribution is 0.0642. The lowest BCUT2D eigenvalue weighted by Crippen LogP contribution is -2.29. The maximum atomic E-state index is 12.3. The number of carbonyl (C=O) groups excluding carboxylic acids is 2. The average Bonchev–Trinajstić information content (AvgIpc) is 2.73. The van der Waals surface area contributed by atoms with Crippen LogP contribution in [0.4, 0.5) is 0 Å². The molecule has 3 rings (SSSR count). The molecule has 2 aromatic carbocycles. The summed E-state index contributed by atoms with van der Waals surface area (Å²) in [5, 5.41) is 0. The summed E-state index contributed by atoms with van der Waals surface area (Å²) in [6.45, 7) is 1.62. The van der Waals surface area contributed by atoms with E-state index in [1.165, 1.54) is 6.07 Å². The Balaban J connectivity index is 1.96. The highest BCUT2D eigenvalue weighted by atomic mass is 35.7. The molecule has 118 valence electrons. The molecule has 2 amide bonds. The summed E-state index contributed by atoms with van der Waals surface area (Å²) in [5.41, 5.74) is 1.74. The Bertz CT molecular complexity index is 902. The van der Waals surface area contributed by atoms with Crippen LogP contribution in [0.25, 0.3) is 0 Å². The Labute approximate surface area is 137 Å². The highest BCUT2D eigenvalue weighted by molar-refractivity contribution is 8.13. The number of aryl methyl sites for hydroxylation is 1. The van der Waals surface area contributed by atoms with Crippen molar-refractivity contribution in [2.24, 2.45) is 0 Å². The second-order valence-electron chi connectivity index (χ2n) is 5.28. The predicted molar refractivity (Wildman–Crippen MR) is 84.9 cm³/mol. The lowest BCUT2D eigenvalue weighted by atomic mass is 10.1. The van der Waals surface area contributed by atoms with Gasteiger partial charge >= 0.3 is 0 Å². The third-order valence-electron chi connectivity index (χ3n) is 3.73. The molecule has 0 fully saturated rings. The molecular formula is C16H12ClNO4S. The number of amides is 2. The Hall–Kier alpha value is -2.18. The van der Waals surface area contributed by atoms with Crippen LogP contribution in [-0.2, 0) is 15.6 Å². The highest BCUT2D eigenvalue weighted by Crippen LogP contribution is 2.26. The molecule has 23 heavy (non-hydrogen) atoms. The van der Waals surface area contributed by atoms with Crippen molar-refractivity contribution in [3.05, 3.63) is 64.7 Å². The van der Waals surface area contributed by atoms with E-state index in [4.69, 9.17) is 10.7 Å². The van der Waals surface area contributed by atoms with Crippen molar-refractivity contribution in [3.63, 3.8) is 0 Å². The van der Waals surface area contributed by atoms with Gasteiger partial charge in [0.15, 0.2) is 0 Å². The standard InChI is InChI=1S/C16H12ClNO4S/c1-10-6-7-11(8-14(10)23(17,21)22)9-18-15(19)12-4-2-3-5-13(12)16(18)20/h2-8H,9H2,1H3. The summed E-state index contributed by atoms with van der Waals surface area (Å²) in [5.74, 6) is -0.775. The van der Waals surface area contributed by atoms with Crippen LogP contribution in [-0.4, -0.2) is 25.1 Å². The minimum Gasteiger partial charge on any atom is -0.270 e. The summed E-state index contributed by atoms with van der Waals surface area (Å²) in [4.78, 5) is 25.7. The number of carbonyl (C=O) groups is 2. The average molecular weight is 350 g/mol. The number of hydrogen-bond donors (Lipinski definition) is 0. The van der Waals surface area contributed by atoms with Gasteiger partial charge in [-0.05, 0) is 36.2 Å². The molecule has 0 aromatic heterocycles. The molecule has 0 unspecified atom stereocenters. The van der Waals surface area contributed by atoms with Gasteiger partial charge in [-0.3, -0.25) is 14.5 Å². The van der Waals surface area contributed by atoms with Crippen LogP contribution in [0.1, 0.15) is 31.8 Å². The van der Waals surface area contributed by atoms with Gasteiger partial charge in [0, 0.05) is 10.7 Å². The van der Waals surface area contributed by atoms with Crippen molar-refractivity contribution in [2.45, 2.75) is 18.4 Å². The van der Waals surface area contributed by atoms with E-state index >= 15 is 0 Å². The van der Waals surface area contributed by atoms with Gasteiger partial charge in [0.25, 0.3) is 20.9 Å². The van der Waals surface area contributed by atoms with Crippen LogP contribution in [0.5, 0.6) is 0 Å². The maximum Gasteiger partial charge on any atom is 0.261 e. The van der Waals surface area contributed by atoms with Crippen molar-refractivity contribution >= 4 is 31.5 Å². The molecule has 0 radical (unpaired) electrons. The zero-order valence-corrected chi connectivity index (χ0v) is 13.7. The van der Waals surface area contributed by atoms with Crippen molar-refractivity contribution in [3.8, 4) is 0 Å². The van der Waals surface area contributed by atoms with Gasteiger partial charge in [0.1, 0.15) is 0 Å². The van der Waals surface area contributed by atoms with Crippen LogP contribution in [0.2, 0.25) is 0 Å². The van der Waals surface area contributed by atoms with E-state index in [1.807, 2.05) is 0 Å². The second-order valence-corrected chi connectivity index (χ2v) is 7.81. The van der Waals surface area contributed by atoms with Gasteiger partial charge in [0.2, 0.25) is 0 Å². The number of benzene rings is 2. The topological polar surface area (TPSA) is 71.5 Å². The summed E-state index contributed by atoms with van der Waals surface area (Å²) < 4.78 is 23.1. The van der Waals surface area contributed by atoms with Gasteiger partial charge < -0.3 is 0 Å². The van der Waals surface area contributed by atoms with Crippen LogP contribution in [0.15, 0.2) is 47.4 Å². The first kappa shape index (κ1) is 15.7. The molecule has 1 heterocycles. The lowest BCUT2D eigenvalue weighted by Gasteiger charge is -2.15. The number of fused-ring (bicyclic) bond motifs is 1. The third kappa shape index (κ3) is 2.75. The molecule has 2 aromatic rings.